The van der Waals surface area contributed by atoms with E-state index in [2.05, 4.69) is 4.98 Å². The van der Waals surface area contributed by atoms with Gasteiger partial charge in [-0.2, -0.15) is 20.5 Å². The summed E-state index contributed by atoms with van der Waals surface area (Å²) in [6.45, 7) is -0.413. The molecule has 0 amide bonds. The number of aromatic nitrogens is 1. The lowest BCUT2D eigenvalue weighted by Gasteiger charge is -2.31. The van der Waals surface area contributed by atoms with Gasteiger partial charge in [0.05, 0.1) is 34.0 Å². The van der Waals surface area contributed by atoms with Crippen LogP contribution in [0.1, 0.15) is 0 Å². The summed E-state index contributed by atoms with van der Waals surface area (Å²) in [7, 11) is -9.75. The highest BCUT2D eigenvalue weighted by Gasteiger charge is 2.41. The van der Waals surface area contributed by atoms with Gasteiger partial charge in [0.2, 0.25) is 5.88 Å². The van der Waals surface area contributed by atoms with Crippen LogP contribution in [0.2, 0.25) is 20.1 Å². The second-order valence-electron chi connectivity index (χ2n) is 8.51. The van der Waals surface area contributed by atoms with E-state index in [1.54, 1.807) is 6.07 Å². The first-order chi connectivity index (χ1) is 19.4. The third-order valence-electron chi connectivity index (χ3n) is 5.76. The number of hydrogen-bond acceptors (Lipinski definition) is 7. The summed E-state index contributed by atoms with van der Waals surface area (Å²) in [4.78, 5) is 3.32. The molecule has 0 saturated carbocycles. The van der Waals surface area contributed by atoms with Gasteiger partial charge in [0.1, 0.15) is 15.5 Å². The summed E-state index contributed by atoms with van der Waals surface area (Å²) in [5, 5.41) is 0.549. The number of hydrogen-bond donors (Lipinski definition) is 0. The van der Waals surface area contributed by atoms with Crippen molar-refractivity contribution >= 4 is 89.1 Å². The smallest absolute Gasteiger partial charge is 0.278 e. The largest absolute Gasteiger partial charge is 0.438 e. The van der Waals surface area contributed by atoms with Gasteiger partial charge < -0.3 is 4.74 Å². The van der Waals surface area contributed by atoms with Gasteiger partial charge in [-0.05, 0) is 54.6 Å². The van der Waals surface area contributed by atoms with Gasteiger partial charge in [-0.25, -0.2) is 4.42 Å². The lowest BCUT2D eigenvalue weighted by molar-refractivity contribution is 0.307. The molecule has 2 heterocycles. The number of sulfonamides is 2. The van der Waals surface area contributed by atoms with E-state index >= 15 is 0 Å². The number of benzene rings is 3. The molecule has 0 spiro atoms. The zero-order valence-electron chi connectivity index (χ0n) is 20.4. The van der Waals surface area contributed by atoms with E-state index in [0.717, 1.165) is 27.5 Å². The van der Waals surface area contributed by atoms with E-state index in [1.807, 2.05) is 24.3 Å². The minimum absolute atomic E-state index is 0.0938. The number of halogens is 5. The highest BCUT2D eigenvalue weighted by Crippen LogP contribution is 2.37. The number of fused-ring (bicyclic) bond motifs is 1. The maximum Gasteiger partial charge on any atom is 0.278 e. The molecule has 0 saturated heterocycles. The van der Waals surface area contributed by atoms with Crippen LogP contribution < -0.4 is 4.74 Å². The molecule has 3 aromatic carbocycles. The first-order valence-corrected chi connectivity index (χ1v) is 16.2. The van der Waals surface area contributed by atoms with Crippen LogP contribution in [0, 0.1) is 0 Å². The average Bonchev–Trinajstić information content (AvgIpc) is 2.89. The van der Waals surface area contributed by atoms with Crippen molar-refractivity contribution in [2.24, 2.45) is 0 Å². The van der Waals surface area contributed by atoms with Crippen LogP contribution in [0.25, 0.3) is 10.9 Å². The van der Waals surface area contributed by atoms with Gasteiger partial charge in [0, 0.05) is 33.3 Å². The van der Waals surface area contributed by atoms with Gasteiger partial charge in [-0.3, -0.25) is 4.98 Å². The zero-order valence-corrected chi connectivity index (χ0v) is 25.8. The average molecular weight is 692 g/mol. The summed E-state index contributed by atoms with van der Waals surface area (Å²) in [5.74, 6) is 0.451. The Kier molecular flexibility index (Phi) is 8.37. The summed E-state index contributed by atoms with van der Waals surface area (Å²) in [6, 6.07) is 16.3. The minimum atomic E-state index is -4.88. The number of nitrogens with zero attached hydrogens (tertiary/aromatic N) is 3. The van der Waals surface area contributed by atoms with Crippen molar-refractivity contribution in [3.63, 3.8) is 0 Å². The molecular weight excluding hydrogens is 676 g/mol. The first kappa shape index (κ1) is 29.8. The van der Waals surface area contributed by atoms with Crippen LogP contribution in [0.4, 0.5) is 0 Å². The molecule has 0 radical (unpaired) electrons. The van der Waals surface area contributed by atoms with E-state index in [9.17, 15) is 16.8 Å². The van der Waals surface area contributed by atoms with Crippen LogP contribution in [-0.2, 0) is 20.0 Å². The van der Waals surface area contributed by atoms with Crippen molar-refractivity contribution in [3.05, 3.63) is 117 Å². The van der Waals surface area contributed by atoms with Crippen molar-refractivity contribution in [2.45, 2.75) is 9.79 Å². The van der Waals surface area contributed by atoms with Crippen molar-refractivity contribution in [2.75, 3.05) is 6.54 Å². The van der Waals surface area contributed by atoms with Gasteiger partial charge in [-0.1, -0.05) is 64.6 Å². The van der Waals surface area contributed by atoms with Crippen molar-refractivity contribution in [1.29, 1.82) is 0 Å². The maximum atomic E-state index is 14.0. The normalized spacial score (nSPS) is 14.0. The SMILES string of the molecule is O=S(=O)(c1ccc(Cl)cc1Cl)N(C1=CC=C(Oc2cnc3ccccc3c2)N(Cl)C1)S(=O)(=O)c1ccc(Cl)cc1Cl. The standard InChI is InChI=1S/C26H16Cl5N3O5S2/c27-17-5-8-24(21(29)12-17)40(35,36)34(41(37,38)25-9-6-18(28)13-22(25)30)19-7-10-26(33(31)15-19)39-20-11-16-3-1-2-4-23(16)32-14-20/h1-14H,15H2. The molecule has 0 bridgehead atoms. The van der Waals surface area contributed by atoms with Crippen LogP contribution in [0.15, 0.2) is 106 Å². The zero-order chi connectivity index (χ0) is 29.5. The summed E-state index contributed by atoms with van der Waals surface area (Å²) in [6.07, 6.45) is 4.08. The lowest BCUT2D eigenvalue weighted by Crippen LogP contribution is -2.40. The molecule has 15 heteroatoms. The molecule has 1 aliphatic rings. The fourth-order valence-corrected chi connectivity index (χ4v) is 9.37. The predicted molar refractivity (Wildman–Crippen MR) is 160 cm³/mol. The molecule has 0 aliphatic carbocycles. The Morgan fingerprint density at radius 1 is 0.780 bits per heavy atom. The Hall–Kier alpha value is -2.70. The van der Waals surface area contributed by atoms with Crippen molar-refractivity contribution < 1.29 is 21.6 Å². The molecule has 1 aliphatic heterocycles. The van der Waals surface area contributed by atoms with E-state index < -0.39 is 36.4 Å². The number of ether oxygens (including phenoxy) is 1. The minimum Gasteiger partial charge on any atom is -0.438 e. The Morgan fingerprint density at radius 2 is 1.37 bits per heavy atom. The quantitative estimate of drug-likeness (QED) is 0.185. The number of rotatable bonds is 7. The highest BCUT2D eigenvalue weighted by molar-refractivity contribution is 8.04. The molecule has 4 aromatic rings. The van der Waals surface area contributed by atoms with E-state index in [0.29, 0.717) is 5.75 Å². The first-order valence-electron chi connectivity index (χ1n) is 11.5. The Morgan fingerprint density at radius 3 is 1.93 bits per heavy atom. The van der Waals surface area contributed by atoms with Gasteiger partial charge in [0.25, 0.3) is 20.0 Å². The van der Waals surface area contributed by atoms with Gasteiger partial charge >= 0.3 is 0 Å². The molecule has 41 heavy (non-hydrogen) atoms. The molecule has 0 atom stereocenters. The Labute approximate surface area is 261 Å². The van der Waals surface area contributed by atoms with Gasteiger partial charge in [-0.15, -0.1) is 0 Å². The molecular formula is C26H16Cl5N3O5S2. The van der Waals surface area contributed by atoms with Crippen LogP contribution >= 0.6 is 58.2 Å². The summed E-state index contributed by atoms with van der Waals surface area (Å²) >= 11 is 30.8. The van der Waals surface area contributed by atoms with Gasteiger partial charge in [0.15, 0.2) is 0 Å². The summed E-state index contributed by atoms with van der Waals surface area (Å²) in [5.41, 5.74) is 0.510. The molecule has 212 valence electrons. The van der Waals surface area contributed by atoms with Crippen LogP contribution in [0.5, 0.6) is 5.75 Å². The van der Waals surface area contributed by atoms with E-state index in [1.165, 1.54) is 42.6 Å². The Balaban J connectivity index is 1.61. The molecule has 0 fully saturated rings. The second kappa shape index (κ2) is 11.5. The molecule has 8 nitrogen and oxygen atoms in total. The predicted octanol–water partition coefficient (Wildman–Crippen LogP) is 7.50. The molecule has 0 unspecified atom stereocenters. The third-order valence-corrected chi connectivity index (χ3v) is 11.7. The third kappa shape index (κ3) is 5.96. The number of allylic oxidation sites excluding steroid dienone is 2. The van der Waals surface area contributed by atoms with Crippen molar-refractivity contribution in [1.82, 2.24) is 13.1 Å². The molecule has 1 aromatic heterocycles. The number of para-hydroxylation sites is 1. The summed E-state index contributed by atoms with van der Waals surface area (Å²) < 4.78 is 62.9. The molecule has 0 N–H and O–H groups in total. The van der Waals surface area contributed by atoms with E-state index in [4.69, 9.17) is 62.9 Å². The lowest BCUT2D eigenvalue weighted by atomic mass is 10.2. The molecule has 5 rings (SSSR count). The fourth-order valence-electron chi connectivity index (χ4n) is 3.94. The topological polar surface area (TPSA) is 96.9 Å². The van der Waals surface area contributed by atoms with E-state index in [-0.39, 0.29) is 35.4 Å². The Bertz CT molecular complexity index is 1890. The number of pyridine rings is 1. The highest BCUT2D eigenvalue weighted by atomic mass is 35.5. The monoisotopic (exact) mass is 689 g/mol. The van der Waals surface area contributed by atoms with Crippen LogP contribution in [-0.4, -0.2) is 36.5 Å². The fraction of sp³-hybridized carbons (Fsp3) is 0.0385. The van der Waals surface area contributed by atoms with Crippen LogP contribution in [0.3, 0.4) is 0 Å². The maximum absolute atomic E-state index is 14.0. The second-order valence-corrected chi connectivity index (χ2v) is 14.3. The van der Waals surface area contributed by atoms with Crippen molar-refractivity contribution in [3.8, 4) is 5.75 Å².